The van der Waals surface area contributed by atoms with E-state index in [2.05, 4.69) is 21.2 Å². The van der Waals surface area contributed by atoms with Crippen molar-refractivity contribution in [3.05, 3.63) is 62.5 Å². The van der Waals surface area contributed by atoms with Crippen LogP contribution < -0.4 is 10.1 Å². The molecule has 2 aromatic rings. The quantitative estimate of drug-likeness (QED) is 0.485. The molecule has 5 nitrogen and oxygen atoms in total. The summed E-state index contributed by atoms with van der Waals surface area (Å²) in [6.07, 6.45) is 4.21. The third kappa shape index (κ3) is 6.86. The topological polar surface area (TPSA) is 58.6 Å². The summed E-state index contributed by atoms with van der Waals surface area (Å²) in [4.78, 5) is 27.5. The highest BCUT2D eigenvalue weighted by atomic mass is 79.9. The fraction of sp³-hybridized carbons (Fsp3) is 0.391. The lowest BCUT2D eigenvalue weighted by Crippen LogP contribution is -2.50. The molecule has 0 spiro atoms. The van der Waals surface area contributed by atoms with Gasteiger partial charge in [0, 0.05) is 22.1 Å². The average molecular weight is 528 g/mol. The van der Waals surface area contributed by atoms with Crippen LogP contribution in [0, 0.1) is 0 Å². The number of nitrogens with one attached hydrogen (secondary N) is 1. The average Bonchev–Trinajstić information content (AvgIpc) is 3.25. The SMILES string of the molecule is C[C@@H](C(=O)NC1CCCC1)N(Cc1ccc(Br)cc1)C(=O)COc1ccc(Cl)cc1Cl. The van der Waals surface area contributed by atoms with E-state index in [1.165, 1.54) is 4.90 Å². The second-order valence-electron chi connectivity index (χ2n) is 7.68. The number of nitrogens with zero attached hydrogens (tertiary/aromatic N) is 1. The molecule has 1 fully saturated rings. The summed E-state index contributed by atoms with van der Waals surface area (Å²) in [5.74, 6) is -0.0871. The molecule has 0 radical (unpaired) electrons. The minimum Gasteiger partial charge on any atom is -0.482 e. The Morgan fingerprint density at radius 2 is 1.84 bits per heavy atom. The van der Waals surface area contributed by atoms with Crippen molar-refractivity contribution in [1.29, 1.82) is 0 Å². The summed E-state index contributed by atoms with van der Waals surface area (Å²) in [6.45, 7) is 1.80. The molecule has 1 saturated carbocycles. The maximum absolute atomic E-state index is 13.1. The standard InChI is InChI=1S/C23H25BrCl2N2O3/c1-15(23(30)27-19-4-2-3-5-19)28(13-16-6-8-17(24)9-7-16)22(29)14-31-21-11-10-18(25)12-20(21)26/h6-12,15,19H,2-5,13-14H2,1H3,(H,27,30)/t15-/m0/s1. The molecule has 166 valence electrons. The zero-order valence-corrected chi connectivity index (χ0v) is 20.3. The molecule has 1 aliphatic rings. The highest BCUT2D eigenvalue weighted by Gasteiger charge is 2.28. The van der Waals surface area contributed by atoms with Gasteiger partial charge in [0.2, 0.25) is 5.91 Å². The number of rotatable bonds is 8. The fourth-order valence-corrected chi connectivity index (χ4v) is 4.30. The Morgan fingerprint density at radius 3 is 2.48 bits per heavy atom. The number of amides is 2. The molecule has 1 N–H and O–H groups in total. The Balaban J connectivity index is 1.72. The molecule has 1 atom stereocenters. The molecule has 8 heteroatoms. The van der Waals surface area contributed by atoms with Crippen LogP contribution in [0.4, 0.5) is 0 Å². The van der Waals surface area contributed by atoms with Crippen LogP contribution in [-0.2, 0) is 16.1 Å². The van der Waals surface area contributed by atoms with E-state index in [0.717, 1.165) is 35.7 Å². The van der Waals surface area contributed by atoms with Crippen LogP contribution in [0.25, 0.3) is 0 Å². The molecule has 2 amide bonds. The van der Waals surface area contributed by atoms with Gasteiger partial charge in [-0.25, -0.2) is 0 Å². The number of ether oxygens (including phenoxy) is 1. The van der Waals surface area contributed by atoms with Crippen molar-refractivity contribution in [2.24, 2.45) is 0 Å². The molecule has 2 aromatic carbocycles. The van der Waals surface area contributed by atoms with Gasteiger partial charge >= 0.3 is 0 Å². The van der Waals surface area contributed by atoms with Gasteiger partial charge in [-0.05, 0) is 55.7 Å². The van der Waals surface area contributed by atoms with Crippen molar-refractivity contribution in [2.45, 2.75) is 51.2 Å². The van der Waals surface area contributed by atoms with Crippen LogP contribution in [0.2, 0.25) is 10.0 Å². The van der Waals surface area contributed by atoms with Gasteiger partial charge in [0.05, 0.1) is 5.02 Å². The van der Waals surface area contributed by atoms with Gasteiger partial charge in [-0.15, -0.1) is 0 Å². The van der Waals surface area contributed by atoms with E-state index in [0.29, 0.717) is 22.3 Å². The summed E-state index contributed by atoms with van der Waals surface area (Å²) in [5.41, 5.74) is 0.918. The van der Waals surface area contributed by atoms with Gasteiger partial charge in [-0.1, -0.05) is 64.1 Å². The third-order valence-corrected chi connectivity index (χ3v) is 6.44. The van der Waals surface area contributed by atoms with Crippen LogP contribution in [0.1, 0.15) is 38.2 Å². The maximum atomic E-state index is 13.1. The molecule has 0 aromatic heterocycles. The molecular weight excluding hydrogens is 503 g/mol. The monoisotopic (exact) mass is 526 g/mol. The number of benzene rings is 2. The van der Waals surface area contributed by atoms with Gasteiger partial charge < -0.3 is 15.0 Å². The minimum atomic E-state index is -0.638. The Bertz CT molecular complexity index is 918. The van der Waals surface area contributed by atoms with E-state index >= 15 is 0 Å². The summed E-state index contributed by atoms with van der Waals surface area (Å²) in [5, 5.41) is 3.89. The summed E-state index contributed by atoms with van der Waals surface area (Å²) < 4.78 is 6.58. The number of halogens is 3. The lowest BCUT2D eigenvalue weighted by Gasteiger charge is -2.29. The Labute approximate surface area is 201 Å². The first kappa shape index (κ1) is 23.9. The predicted octanol–water partition coefficient (Wildman–Crippen LogP) is 5.61. The van der Waals surface area contributed by atoms with Gasteiger partial charge in [0.25, 0.3) is 5.91 Å². The summed E-state index contributed by atoms with van der Waals surface area (Å²) in [6, 6.07) is 12.0. The lowest BCUT2D eigenvalue weighted by atomic mass is 10.1. The Morgan fingerprint density at radius 1 is 1.16 bits per heavy atom. The van der Waals surface area contributed by atoms with Crippen molar-refractivity contribution >= 4 is 50.9 Å². The fourth-order valence-electron chi connectivity index (χ4n) is 3.58. The van der Waals surface area contributed by atoms with Crippen molar-refractivity contribution < 1.29 is 14.3 Å². The van der Waals surface area contributed by atoms with Crippen molar-refractivity contribution in [1.82, 2.24) is 10.2 Å². The molecular formula is C23H25BrCl2N2O3. The van der Waals surface area contributed by atoms with Crippen LogP contribution in [0.5, 0.6) is 5.75 Å². The maximum Gasteiger partial charge on any atom is 0.261 e. The Hall–Kier alpha value is -1.76. The minimum absolute atomic E-state index is 0.151. The second kappa shape index (κ2) is 11.2. The van der Waals surface area contributed by atoms with Gasteiger partial charge in [0.15, 0.2) is 6.61 Å². The van der Waals surface area contributed by atoms with E-state index in [-0.39, 0.29) is 24.5 Å². The number of carbonyl (C=O) groups is 2. The molecule has 0 unspecified atom stereocenters. The molecule has 0 saturated heterocycles. The molecule has 0 heterocycles. The molecule has 3 rings (SSSR count). The van der Waals surface area contributed by atoms with Gasteiger partial charge in [-0.3, -0.25) is 9.59 Å². The molecule has 0 aliphatic heterocycles. The van der Waals surface area contributed by atoms with Crippen LogP contribution in [0.15, 0.2) is 46.9 Å². The van der Waals surface area contributed by atoms with Crippen LogP contribution in [-0.4, -0.2) is 35.4 Å². The van der Waals surface area contributed by atoms with E-state index in [1.54, 1.807) is 25.1 Å². The summed E-state index contributed by atoms with van der Waals surface area (Å²) in [7, 11) is 0. The van der Waals surface area contributed by atoms with Crippen molar-refractivity contribution in [2.75, 3.05) is 6.61 Å². The lowest BCUT2D eigenvalue weighted by molar-refractivity contribution is -0.142. The van der Waals surface area contributed by atoms with E-state index in [1.807, 2.05) is 24.3 Å². The van der Waals surface area contributed by atoms with Crippen LogP contribution in [0.3, 0.4) is 0 Å². The zero-order valence-electron chi connectivity index (χ0n) is 17.2. The molecule has 31 heavy (non-hydrogen) atoms. The number of hydrogen-bond donors (Lipinski definition) is 1. The zero-order chi connectivity index (χ0) is 22.4. The summed E-state index contributed by atoms with van der Waals surface area (Å²) >= 11 is 15.5. The predicted molar refractivity (Wildman–Crippen MR) is 127 cm³/mol. The van der Waals surface area contributed by atoms with Gasteiger partial charge in [-0.2, -0.15) is 0 Å². The first-order valence-electron chi connectivity index (χ1n) is 10.3. The molecule has 1 aliphatic carbocycles. The normalized spacial score (nSPS) is 14.8. The smallest absolute Gasteiger partial charge is 0.261 e. The largest absolute Gasteiger partial charge is 0.482 e. The highest BCUT2D eigenvalue weighted by Crippen LogP contribution is 2.27. The van der Waals surface area contributed by atoms with E-state index in [4.69, 9.17) is 27.9 Å². The van der Waals surface area contributed by atoms with Crippen molar-refractivity contribution in [3.8, 4) is 5.75 Å². The highest BCUT2D eigenvalue weighted by molar-refractivity contribution is 9.10. The van der Waals surface area contributed by atoms with Crippen LogP contribution >= 0.6 is 39.1 Å². The van der Waals surface area contributed by atoms with Crippen molar-refractivity contribution in [3.63, 3.8) is 0 Å². The molecule has 0 bridgehead atoms. The van der Waals surface area contributed by atoms with E-state index < -0.39 is 6.04 Å². The number of carbonyl (C=O) groups excluding carboxylic acids is 2. The van der Waals surface area contributed by atoms with Gasteiger partial charge in [0.1, 0.15) is 11.8 Å². The first-order chi connectivity index (χ1) is 14.8. The van der Waals surface area contributed by atoms with E-state index in [9.17, 15) is 9.59 Å². The third-order valence-electron chi connectivity index (χ3n) is 5.38. The number of hydrogen-bond acceptors (Lipinski definition) is 3. The second-order valence-corrected chi connectivity index (χ2v) is 9.44. The first-order valence-corrected chi connectivity index (χ1v) is 11.8. The Kier molecular flexibility index (Phi) is 8.64.